The third-order valence-electron chi connectivity index (χ3n) is 4.04. The Morgan fingerprint density at radius 2 is 1.96 bits per heavy atom. The van der Waals surface area contributed by atoms with E-state index in [-0.39, 0.29) is 5.91 Å². The quantitative estimate of drug-likeness (QED) is 0.790. The van der Waals surface area contributed by atoms with Crippen molar-refractivity contribution in [3.05, 3.63) is 42.1 Å². The largest absolute Gasteiger partial charge is 0.481 e. The molecule has 1 aromatic carbocycles. The third kappa shape index (κ3) is 4.22. The highest BCUT2D eigenvalue weighted by Gasteiger charge is 2.23. The molecular formula is C18H23N3O3. The Hall–Kier alpha value is -2.63. The lowest BCUT2D eigenvalue weighted by Crippen LogP contribution is -2.36. The topological polar surface area (TPSA) is 75.4 Å². The molecule has 128 valence electrons. The van der Waals surface area contributed by atoms with Crippen LogP contribution < -0.4 is 0 Å². The van der Waals surface area contributed by atoms with Crippen molar-refractivity contribution in [2.75, 3.05) is 13.6 Å². The van der Waals surface area contributed by atoms with E-state index in [1.165, 1.54) is 11.8 Å². The number of rotatable bonds is 7. The molecule has 0 fully saturated rings. The number of carbonyl (C=O) groups is 2. The second-order valence-electron chi connectivity index (χ2n) is 5.93. The molecule has 2 aromatic rings. The lowest BCUT2D eigenvalue weighted by molar-refractivity contribution is -0.149. The Morgan fingerprint density at radius 1 is 1.29 bits per heavy atom. The Kier molecular flexibility index (Phi) is 5.73. The van der Waals surface area contributed by atoms with Gasteiger partial charge in [-0.05, 0) is 31.4 Å². The third-order valence-corrected chi connectivity index (χ3v) is 4.04. The van der Waals surface area contributed by atoms with Crippen LogP contribution in [0.25, 0.3) is 11.3 Å². The maximum atomic E-state index is 11.9. The van der Waals surface area contributed by atoms with E-state index >= 15 is 0 Å². The Labute approximate surface area is 141 Å². The summed E-state index contributed by atoms with van der Waals surface area (Å²) in [6, 6.07) is 12.1. The fourth-order valence-electron chi connectivity index (χ4n) is 2.57. The molecule has 1 aromatic heterocycles. The van der Waals surface area contributed by atoms with Gasteiger partial charge in [0.15, 0.2) is 0 Å². The highest BCUT2D eigenvalue weighted by molar-refractivity contribution is 5.96. The van der Waals surface area contributed by atoms with Gasteiger partial charge in [0.05, 0.1) is 11.4 Å². The number of amides is 1. The zero-order valence-corrected chi connectivity index (χ0v) is 14.3. The molecule has 0 radical (unpaired) electrons. The van der Waals surface area contributed by atoms with Gasteiger partial charge < -0.3 is 10.0 Å². The SMILES string of the molecule is CC(C(=O)O)C(=O)N(C)CCCc1cc(-c2ccccc2)n(C)n1. The molecule has 1 N–H and O–H groups in total. The lowest BCUT2D eigenvalue weighted by atomic mass is 10.1. The van der Waals surface area contributed by atoms with E-state index in [2.05, 4.69) is 11.2 Å². The predicted molar refractivity (Wildman–Crippen MR) is 91.4 cm³/mol. The second-order valence-corrected chi connectivity index (χ2v) is 5.93. The van der Waals surface area contributed by atoms with Crippen LogP contribution in [0.3, 0.4) is 0 Å². The Balaban J connectivity index is 1.92. The zero-order valence-electron chi connectivity index (χ0n) is 14.3. The Morgan fingerprint density at radius 3 is 2.58 bits per heavy atom. The van der Waals surface area contributed by atoms with Crippen molar-refractivity contribution < 1.29 is 14.7 Å². The van der Waals surface area contributed by atoms with Gasteiger partial charge in [0.1, 0.15) is 5.92 Å². The summed E-state index contributed by atoms with van der Waals surface area (Å²) >= 11 is 0. The van der Waals surface area contributed by atoms with Crippen LogP contribution in [0, 0.1) is 5.92 Å². The fourth-order valence-corrected chi connectivity index (χ4v) is 2.57. The molecule has 0 saturated heterocycles. The number of carboxylic acids is 1. The van der Waals surface area contributed by atoms with Gasteiger partial charge in [0.2, 0.25) is 5.91 Å². The average molecular weight is 329 g/mol. The number of benzene rings is 1. The number of hydrogen-bond donors (Lipinski definition) is 1. The molecule has 1 amide bonds. The molecule has 0 bridgehead atoms. The van der Waals surface area contributed by atoms with Gasteiger partial charge in [-0.3, -0.25) is 14.3 Å². The first-order valence-electron chi connectivity index (χ1n) is 7.96. The molecule has 1 heterocycles. The van der Waals surface area contributed by atoms with Crippen LogP contribution in [0.4, 0.5) is 0 Å². The number of aliphatic carboxylic acids is 1. The highest BCUT2D eigenvalue weighted by atomic mass is 16.4. The van der Waals surface area contributed by atoms with Crippen molar-refractivity contribution in [1.82, 2.24) is 14.7 Å². The number of aryl methyl sites for hydroxylation is 2. The number of hydrogen-bond acceptors (Lipinski definition) is 3. The van der Waals surface area contributed by atoms with Gasteiger partial charge in [0, 0.05) is 20.6 Å². The number of nitrogens with zero attached hydrogens (tertiary/aromatic N) is 3. The molecular weight excluding hydrogens is 306 g/mol. The summed E-state index contributed by atoms with van der Waals surface area (Å²) in [5, 5.41) is 13.4. The van der Waals surface area contributed by atoms with E-state index in [1.54, 1.807) is 7.05 Å². The first-order chi connectivity index (χ1) is 11.4. The van der Waals surface area contributed by atoms with Gasteiger partial charge >= 0.3 is 5.97 Å². The summed E-state index contributed by atoms with van der Waals surface area (Å²) in [7, 11) is 3.55. The minimum Gasteiger partial charge on any atom is -0.481 e. The van der Waals surface area contributed by atoms with Crippen molar-refractivity contribution >= 4 is 11.9 Å². The van der Waals surface area contributed by atoms with Gasteiger partial charge in [-0.2, -0.15) is 5.10 Å². The van der Waals surface area contributed by atoms with Gasteiger partial charge in [-0.25, -0.2) is 0 Å². The van der Waals surface area contributed by atoms with E-state index in [4.69, 9.17) is 5.11 Å². The molecule has 1 atom stereocenters. The molecule has 1 unspecified atom stereocenters. The Bertz CT molecular complexity index is 710. The second kappa shape index (κ2) is 7.77. The molecule has 0 saturated carbocycles. The molecule has 2 rings (SSSR count). The average Bonchev–Trinajstić information content (AvgIpc) is 2.94. The molecule has 0 aliphatic rings. The van der Waals surface area contributed by atoms with Crippen LogP contribution in [0.15, 0.2) is 36.4 Å². The summed E-state index contributed by atoms with van der Waals surface area (Å²) in [5.74, 6) is -2.47. The highest BCUT2D eigenvalue weighted by Crippen LogP contribution is 2.20. The lowest BCUT2D eigenvalue weighted by Gasteiger charge is -2.18. The van der Waals surface area contributed by atoms with Crippen LogP contribution in [0.2, 0.25) is 0 Å². The van der Waals surface area contributed by atoms with Crippen molar-refractivity contribution in [3.8, 4) is 11.3 Å². The fraction of sp³-hybridized carbons (Fsp3) is 0.389. The summed E-state index contributed by atoms with van der Waals surface area (Å²) in [6.07, 6.45) is 1.47. The summed E-state index contributed by atoms with van der Waals surface area (Å²) in [5.41, 5.74) is 3.12. The van der Waals surface area contributed by atoms with Crippen molar-refractivity contribution in [2.45, 2.75) is 19.8 Å². The number of carboxylic acid groups (broad SMARTS) is 1. The van der Waals surface area contributed by atoms with E-state index in [9.17, 15) is 9.59 Å². The van der Waals surface area contributed by atoms with E-state index in [0.717, 1.165) is 29.8 Å². The maximum absolute atomic E-state index is 11.9. The molecule has 0 aliphatic carbocycles. The molecule has 24 heavy (non-hydrogen) atoms. The first-order valence-corrected chi connectivity index (χ1v) is 7.96. The normalized spacial score (nSPS) is 12.0. The van der Waals surface area contributed by atoms with E-state index in [0.29, 0.717) is 6.54 Å². The maximum Gasteiger partial charge on any atom is 0.315 e. The smallest absolute Gasteiger partial charge is 0.315 e. The number of carbonyl (C=O) groups excluding carboxylic acids is 1. The zero-order chi connectivity index (χ0) is 17.7. The van der Waals surface area contributed by atoms with Crippen molar-refractivity contribution in [3.63, 3.8) is 0 Å². The summed E-state index contributed by atoms with van der Waals surface area (Å²) in [4.78, 5) is 24.2. The monoisotopic (exact) mass is 329 g/mol. The molecule has 6 nitrogen and oxygen atoms in total. The predicted octanol–water partition coefficient (Wildman–Crippen LogP) is 2.20. The number of aromatic nitrogens is 2. The summed E-state index contributed by atoms with van der Waals surface area (Å²) < 4.78 is 1.85. The van der Waals surface area contributed by atoms with Crippen molar-refractivity contribution in [2.24, 2.45) is 13.0 Å². The van der Waals surface area contributed by atoms with Crippen LogP contribution in [-0.2, 0) is 23.1 Å². The van der Waals surface area contributed by atoms with E-state index in [1.807, 2.05) is 42.1 Å². The molecule has 6 heteroatoms. The van der Waals surface area contributed by atoms with Crippen LogP contribution in [0.1, 0.15) is 19.0 Å². The summed E-state index contributed by atoms with van der Waals surface area (Å²) in [6.45, 7) is 1.92. The van der Waals surface area contributed by atoms with Gasteiger partial charge in [-0.15, -0.1) is 0 Å². The van der Waals surface area contributed by atoms with Crippen molar-refractivity contribution in [1.29, 1.82) is 0 Å². The molecule has 0 aliphatic heterocycles. The van der Waals surface area contributed by atoms with Crippen LogP contribution in [-0.4, -0.2) is 45.3 Å². The van der Waals surface area contributed by atoms with Gasteiger partial charge in [-0.1, -0.05) is 30.3 Å². The van der Waals surface area contributed by atoms with Gasteiger partial charge in [0.25, 0.3) is 0 Å². The first kappa shape index (κ1) is 17.7. The standard InChI is InChI=1S/C18H23N3O3/c1-13(18(23)24)17(22)20(2)11-7-10-15-12-16(21(3)19-15)14-8-5-4-6-9-14/h4-6,8-9,12-13H,7,10-11H2,1-3H3,(H,23,24). The van der Waals surface area contributed by atoms with Crippen LogP contribution >= 0.6 is 0 Å². The minimum absolute atomic E-state index is 0.367. The van der Waals surface area contributed by atoms with Crippen LogP contribution in [0.5, 0.6) is 0 Å². The molecule has 0 spiro atoms. The van der Waals surface area contributed by atoms with E-state index < -0.39 is 11.9 Å². The minimum atomic E-state index is -1.09.